The predicted octanol–water partition coefficient (Wildman–Crippen LogP) is 3.99. The number of hydrogen-bond acceptors (Lipinski definition) is 4. The van der Waals surface area contributed by atoms with Gasteiger partial charge < -0.3 is 25.2 Å². The summed E-state index contributed by atoms with van der Waals surface area (Å²) in [6.07, 6.45) is 0. The summed E-state index contributed by atoms with van der Waals surface area (Å²) in [4.78, 5) is 4.33. The lowest BCUT2D eigenvalue weighted by Crippen LogP contribution is -2.38. The predicted molar refractivity (Wildman–Crippen MR) is 117 cm³/mol. The average molecular weight is 393 g/mol. The van der Waals surface area contributed by atoms with Crippen LogP contribution in [0, 0.1) is 0 Å². The average Bonchev–Trinajstić information content (AvgIpc) is 2.76. The Bertz CT molecular complexity index is 987. The molecular weight excluding hydrogens is 366 g/mol. The number of phenols is 1. The maximum Gasteiger partial charge on any atom is 0.200 e. The van der Waals surface area contributed by atoms with Crippen molar-refractivity contribution in [2.75, 3.05) is 21.3 Å². The molecule has 3 N–H and O–H groups in total. The van der Waals surface area contributed by atoms with E-state index < -0.39 is 0 Å². The van der Waals surface area contributed by atoms with Gasteiger partial charge in [0, 0.05) is 13.6 Å². The van der Waals surface area contributed by atoms with E-state index in [1.807, 2.05) is 6.07 Å². The van der Waals surface area contributed by atoms with Crippen LogP contribution in [0.15, 0.2) is 59.6 Å². The molecule has 0 radical (unpaired) electrons. The molecule has 0 fully saturated rings. The van der Waals surface area contributed by atoms with Crippen molar-refractivity contribution in [1.29, 1.82) is 0 Å². The van der Waals surface area contributed by atoms with Crippen molar-refractivity contribution in [1.82, 2.24) is 10.6 Å². The van der Waals surface area contributed by atoms with E-state index in [1.54, 1.807) is 19.2 Å². The SMILES string of the molecule is CN=C(NCc1cc(OC)c(O)c(OC)c1)NC(C)c1cccc2ccccc12. The number of methoxy groups -OCH3 is 2. The first-order valence-corrected chi connectivity index (χ1v) is 9.46. The second kappa shape index (κ2) is 9.19. The normalized spacial score (nSPS) is 12.5. The highest BCUT2D eigenvalue weighted by atomic mass is 16.5. The highest BCUT2D eigenvalue weighted by Gasteiger charge is 2.13. The fourth-order valence-corrected chi connectivity index (χ4v) is 3.34. The van der Waals surface area contributed by atoms with Crippen LogP contribution in [0.25, 0.3) is 10.8 Å². The number of benzene rings is 3. The Labute approximate surface area is 171 Å². The van der Waals surface area contributed by atoms with E-state index in [1.165, 1.54) is 30.6 Å². The van der Waals surface area contributed by atoms with Gasteiger partial charge in [-0.15, -0.1) is 0 Å². The molecule has 0 aromatic heterocycles. The van der Waals surface area contributed by atoms with Crippen molar-refractivity contribution >= 4 is 16.7 Å². The molecule has 0 saturated carbocycles. The van der Waals surface area contributed by atoms with Crippen LogP contribution in [0.3, 0.4) is 0 Å². The van der Waals surface area contributed by atoms with Crippen LogP contribution in [0.5, 0.6) is 17.2 Å². The minimum atomic E-state index is -0.00849. The summed E-state index contributed by atoms with van der Waals surface area (Å²) in [5.41, 5.74) is 2.11. The standard InChI is InChI=1S/C23H27N3O3/c1-15(18-11-7-9-17-8-5-6-10-19(17)18)26-23(24-2)25-14-16-12-20(28-3)22(27)21(13-16)29-4/h5-13,15,27H,14H2,1-4H3,(H2,24,25,26). The lowest BCUT2D eigenvalue weighted by atomic mass is 10.00. The molecule has 0 aliphatic heterocycles. The van der Waals surface area contributed by atoms with E-state index in [2.05, 4.69) is 58.9 Å². The third-order valence-electron chi connectivity index (χ3n) is 4.87. The van der Waals surface area contributed by atoms with Crippen LogP contribution < -0.4 is 20.1 Å². The van der Waals surface area contributed by atoms with Gasteiger partial charge in [-0.3, -0.25) is 4.99 Å². The third-order valence-corrected chi connectivity index (χ3v) is 4.87. The van der Waals surface area contributed by atoms with E-state index in [4.69, 9.17) is 9.47 Å². The molecule has 6 heteroatoms. The Hall–Kier alpha value is -3.41. The number of nitrogens with one attached hydrogen (secondary N) is 2. The maximum absolute atomic E-state index is 10.1. The quantitative estimate of drug-likeness (QED) is 0.436. The minimum Gasteiger partial charge on any atom is -0.502 e. The first-order valence-electron chi connectivity index (χ1n) is 9.46. The molecule has 0 bridgehead atoms. The third kappa shape index (κ3) is 4.54. The highest BCUT2D eigenvalue weighted by Crippen LogP contribution is 2.37. The number of rotatable bonds is 6. The Morgan fingerprint density at radius 3 is 2.34 bits per heavy atom. The van der Waals surface area contributed by atoms with Crippen molar-refractivity contribution in [3.8, 4) is 17.2 Å². The minimum absolute atomic E-state index is 0.00849. The fraction of sp³-hybridized carbons (Fsp3) is 0.261. The summed E-state index contributed by atoms with van der Waals surface area (Å²) in [7, 11) is 4.76. The van der Waals surface area contributed by atoms with Crippen molar-refractivity contribution in [2.45, 2.75) is 19.5 Å². The number of ether oxygens (including phenoxy) is 2. The van der Waals surface area contributed by atoms with Gasteiger partial charge in [0.1, 0.15) is 0 Å². The van der Waals surface area contributed by atoms with Crippen molar-refractivity contribution < 1.29 is 14.6 Å². The summed E-state index contributed by atoms with van der Waals surface area (Å²) in [5.74, 6) is 1.41. The Morgan fingerprint density at radius 2 is 1.69 bits per heavy atom. The summed E-state index contributed by atoms with van der Waals surface area (Å²) >= 11 is 0. The zero-order valence-corrected chi connectivity index (χ0v) is 17.2. The second-order valence-corrected chi connectivity index (χ2v) is 6.71. The lowest BCUT2D eigenvalue weighted by molar-refractivity contribution is 0.339. The summed E-state index contributed by atoms with van der Waals surface area (Å²) < 4.78 is 10.4. The molecule has 29 heavy (non-hydrogen) atoms. The van der Waals surface area contributed by atoms with Crippen LogP contribution in [-0.4, -0.2) is 32.3 Å². The number of aliphatic imine (C=N–C) groups is 1. The topological polar surface area (TPSA) is 75.1 Å². The number of hydrogen-bond donors (Lipinski definition) is 3. The molecule has 3 aromatic carbocycles. The smallest absolute Gasteiger partial charge is 0.200 e. The van der Waals surface area contributed by atoms with E-state index in [-0.39, 0.29) is 11.8 Å². The van der Waals surface area contributed by atoms with Crippen molar-refractivity contribution in [3.63, 3.8) is 0 Å². The zero-order valence-electron chi connectivity index (χ0n) is 17.2. The molecule has 0 aliphatic carbocycles. The van der Waals surface area contributed by atoms with Gasteiger partial charge in [-0.05, 0) is 41.0 Å². The van der Waals surface area contributed by atoms with E-state index >= 15 is 0 Å². The molecule has 1 atom stereocenters. The van der Waals surface area contributed by atoms with Gasteiger partial charge in [0.15, 0.2) is 17.5 Å². The van der Waals surface area contributed by atoms with Gasteiger partial charge in [0.25, 0.3) is 0 Å². The van der Waals surface area contributed by atoms with E-state index in [0.29, 0.717) is 24.0 Å². The van der Waals surface area contributed by atoms with Gasteiger partial charge in [0.2, 0.25) is 5.75 Å². The zero-order chi connectivity index (χ0) is 20.8. The van der Waals surface area contributed by atoms with Crippen LogP contribution in [0.1, 0.15) is 24.1 Å². The number of guanidine groups is 1. The Morgan fingerprint density at radius 1 is 1.03 bits per heavy atom. The van der Waals surface area contributed by atoms with E-state index in [0.717, 1.165) is 5.56 Å². The first kappa shape index (κ1) is 20.3. The van der Waals surface area contributed by atoms with Crippen LogP contribution in [0.2, 0.25) is 0 Å². The molecular formula is C23H27N3O3. The number of nitrogens with zero attached hydrogens (tertiary/aromatic N) is 1. The van der Waals surface area contributed by atoms with Crippen molar-refractivity contribution in [2.24, 2.45) is 4.99 Å². The first-order chi connectivity index (χ1) is 14.1. The van der Waals surface area contributed by atoms with Crippen LogP contribution in [-0.2, 0) is 6.54 Å². The summed E-state index contributed by atoms with van der Waals surface area (Å²) in [6, 6.07) is 18.3. The number of fused-ring (bicyclic) bond motifs is 1. The van der Waals surface area contributed by atoms with Gasteiger partial charge in [-0.25, -0.2) is 0 Å². The maximum atomic E-state index is 10.1. The Kier molecular flexibility index (Phi) is 6.44. The molecule has 152 valence electrons. The van der Waals surface area contributed by atoms with Gasteiger partial charge in [-0.1, -0.05) is 42.5 Å². The monoisotopic (exact) mass is 393 g/mol. The van der Waals surface area contributed by atoms with E-state index in [9.17, 15) is 5.11 Å². The molecule has 0 aliphatic rings. The lowest BCUT2D eigenvalue weighted by Gasteiger charge is -2.20. The van der Waals surface area contributed by atoms with Gasteiger partial charge in [-0.2, -0.15) is 0 Å². The van der Waals surface area contributed by atoms with Crippen LogP contribution >= 0.6 is 0 Å². The summed E-state index contributed by atoms with van der Waals surface area (Å²) in [5, 5.41) is 19.2. The molecule has 1 unspecified atom stereocenters. The van der Waals surface area contributed by atoms with Crippen LogP contribution in [0.4, 0.5) is 0 Å². The molecule has 0 heterocycles. The fourth-order valence-electron chi connectivity index (χ4n) is 3.34. The largest absolute Gasteiger partial charge is 0.502 e. The highest BCUT2D eigenvalue weighted by molar-refractivity contribution is 5.87. The van der Waals surface area contributed by atoms with Gasteiger partial charge in [0.05, 0.1) is 20.3 Å². The molecule has 0 saturated heterocycles. The molecule has 3 rings (SSSR count). The molecule has 0 amide bonds. The molecule has 6 nitrogen and oxygen atoms in total. The number of aromatic hydroxyl groups is 1. The Balaban J connectivity index is 1.73. The summed E-state index contributed by atoms with van der Waals surface area (Å²) in [6.45, 7) is 2.61. The van der Waals surface area contributed by atoms with Crippen molar-refractivity contribution in [3.05, 3.63) is 65.7 Å². The van der Waals surface area contributed by atoms with Gasteiger partial charge >= 0.3 is 0 Å². The molecule has 0 spiro atoms. The number of phenolic OH excluding ortho intramolecular Hbond substituents is 1. The second-order valence-electron chi connectivity index (χ2n) is 6.71. The molecule has 3 aromatic rings.